The average Bonchev–Trinajstić information content (AvgIpc) is 3.47. The Labute approximate surface area is 182 Å². The molecule has 0 aliphatic carbocycles. The maximum atomic E-state index is 4.81. The number of aromatic nitrogens is 8. The Balaban J connectivity index is 1.62. The van der Waals surface area contributed by atoms with E-state index < -0.39 is 0 Å². The van der Waals surface area contributed by atoms with Crippen LogP contribution in [0.2, 0.25) is 0 Å². The maximum absolute atomic E-state index is 4.81. The van der Waals surface area contributed by atoms with Crippen molar-refractivity contribution in [2.24, 2.45) is 0 Å². The fourth-order valence-electron chi connectivity index (χ4n) is 3.61. The summed E-state index contributed by atoms with van der Waals surface area (Å²) in [5.41, 5.74) is 4.04. The van der Waals surface area contributed by atoms with E-state index in [0.717, 1.165) is 72.4 Å². The number of tetrazole rings is 1. The summed E-state index contributed by atoms with van der Waals surface area (Å²) in [5, 5.41) is 19.3. The third-order valence-electron chi connectivity index (χ3n) is 5.25. The number of hydrogen-bond acceptors (Lipinski definition) is 6. The molecule has 1 aromatic carbocycles. The highest BCUT2D eigenvalue weighted by Gasteiger charge is 2.13. The van der Waals surface area contributed by atoms with E-state index in [2.05, 4.69) is 51.6 Å². The van der Waals surface area contributed by atoms with Crippen molar-refractivity contribution in [2.75, 3.05) is 0 Å². The van der Waals surface area contributed by atoms with Crippen LogP contribution in [0.1, 0.15) is 56.7 Å². The number of nitrogens with one attached hydrogen (secondary N) is 1. The van der Waals surface area contributed by atoms with E-state index in [1.165, 1.54) is 0 Å². The lowest BCUT2D eigenvalue weighted by molar-refractivity contribution is 0.611. The van der Waals surface area contributed by atoms with Crippen molar-refractivity contribution in [1.29, 1.82) is 0 Å². The van der Waals surface area contributed by atoms with Crippen molar-refractivity contribution < 1.29 is 0 Å². The van der Waals surface area contributed by atoms with Crippen LogP contribution in [0.25, 0.3) is 22.5 Å². The minimum absolute atomic E-state index is 0.569. The summed E-state index contributed by atoms with van der Waals surface area (Å²) in [6, 6.07) is 10.2. The molecule has 0 amide bonds. The van der Waals surface area contributed by atoms with Crippen LogP contribution in [0.5, 0.6) is 0 Å². The van der Waals surface area contributed by atoms with Crippen LogP contribution in [0.4, 0.5) is 0 Å². The van der Waals surface area contributed by atoms with E-state index in [1.807, 2.05) is 35.3 Å². The lowest BCUT2D eigenvalue weighted by Gasteiger charge is -2.09. The van der Waals surface area contributed by atoms with Gasteiger partial charge in [-0.05, 0) is 35.2 Å². The predicted molar refractivity (Wildman–Crippen MR) is 119 cm³/mol. The van der Waals surface area contributed by atoms with Crippen LogP contribution in [0, 0.1) is 0 Å². The Bertz CT molecular complexity index is 1100. The molecule has 0 radical (unpaired) electrons. The van der Waals surface area contributed by atoms with Gasteiger partial charge in [-0.3, -0.25) is 4.98 Å². The Hall–Kier alpha value is -3.42. The van der Waals surface area contributed by atoms with Gasteiger partial charge in [-0.15, -0.1) is 10.2 Å². The van der Waals surface area contributed by atoms with E-state index in [4.69, 9.17) is 10.1 Å². The quantitative estimate of drug-likeness (QED) is 0.415. The summed E-state index contributed by atoms with van der Waals surface area (Å²) in [7, 11) is 0. The molecule has 3 heterocycles. The molecule has 0 saturated carbocycles. The second-order valence-electron chi connectivity index (χ2n) is 7.67. The van der Waals surface area contributed by atoms with E-state index in [0.29, 0.717) is 12.4 Å². The van der Waals surface area contributed by atoms with Gasteiger partial charge in [-0.1, -0.05) is 51.0 Å². The minimum atomic E-state index is 0.569. The fourth-order valence-corrected chi connectivity index (χ4v) is 3.61. The average molecular weight is 417 g/mol. The smallest absolute Gasteiger partial charge is 0.205 e. The summed E-state index contributed by atoms with van der Waals surface area (Å²) in [6.07, 6.45) is 10.2. The number of aryl methyl sites for hydroxylation is 2. The van der Waals surface area contributed by atoms with Gasteiger partial charge in [-0.2, -0.15) is 10.3 Å². The van der Waals surface area contributed by atoms with E-state index in [9.17, 15) is 0 Å². The first-order chi connectivity index (χ1) is 15.3. The largest absolute Gasteiger partial charge is 0.264 e. The maximum Gasteiger partial charge on any atom is 0.205 e. The number of H-pyrrole nitrogens is 1. The third-order valence-corrected chi connectivity index (χ3v) is 5.25. The van der Waals surface area contributed by atoms with Crippen LogP contribution >= 0.6 is 0 Å². The molecule has 31 heavy (non-hydrogen) atoms. The first kappa shape index (κ1) is 20.8. The Morgan fingerprint density at radius 2 is 1.77 bits per heavy atom. The monoisotopic (exact) mass is 416 g/mol. The molecule has 0 aliphatic rings. The molecule has 0 bridgehead atoms. The van der Waals surface area contributed by atoms with Gasteiger partial charge >= 0.3 is 0 Å². The van der Waals surface area contributed by atoms with Crippen LogP contribution in [-0.4, -0.2) is 40.4 Å². The van der Waals surface area contributed by atoms with Crippen molar-refractivity contribution in [3.8, 4) is 22.5 Å². The Morgan fingerprint density at radius 1 is 0.968 bits per heavy atom. The first-order valence-electron chi connectivity index (χ1n) is 11.0. The third kappa shape index (κ3) is 5.02. The first-order valence-corrected chi connectivity index (χ1v) is 11.0. The predicted octanol–water partition coefficient (Wildman–Crippen LogP) is 4.25. The number of nitrogens with zero attached hydrogens (tertiary/aromatic N) is 7. The number of rotatable bonds is 10. The molecule has 4 rings (SSSR count). The van der Waals surface area contributed by atoms with Crippen LogP contribution in [-0.2, 0) is 19.4 Å². The number of aromatic amines is 1. The molecule has 4 aromatic rings. The number of pyridine rings is 1. The zero-order chi connectivity index (χ0) is 21.5. The normalized spacial score (nSPS) is 11.2. The molecule has 160 valence electrons. The van der Waals surface area contributed by atoms with Crippen molar-refractivity contribution >= 4 is 0 Å². The number of unbranched alkanes of at least 4 members (excludes halogenated alkanes) is 2. The van der Waals surface area contributed by atoms with E-state index in [-0.39, 0.29) is 0 Å². The SMILES string of the molecule is CCCCc1nc(CCCC)n(Cc2cncc(-c3ccccc3-c3nn[nH]n3)c2)n1. The molecule has 0 unspecified atom stereocenters. The van der Waals surface area contributed by atoms with Crippen molar-refractivity contribution in [1.82, 2.24) is 40.4 Å². The number of hydrogen-bond donors (Lipinski definition) is 1. The molecule has 0 fully saturated rings. The lowest BCUT2D eigenvalue weighted by atomic mass is 9.99. The molecule has 8 nitrogen and oxygen atoms in total. The van der Waals surface area contributed by atoms with Gasteiger partial charge in [0.2, 0.25) is 5.82 Å². The highest BCUT2D eigenvalue weighted by Crippen LogP contribution is 2.29. The van der Waals surface area contributed by atoms with Gasteiger partial charge in [0.1, 0.15) is 5.82 Å². The van der Waals surface area contributed by atoms with Gasteiger partial charge in [0, 0.05) is 36.4 Å². The van der Waals surface area contributed by atoms with Gasteiger partial charge in [-0.25, -0.2) is 9.67 Å². The van der Waals surface area contributed by atoms with Crippen molar-refractivity contribution in [3.63, 3.8) is 0 Å². The molecular formula is C23H28N8. The molecule has 8 heteroatoms. The summed E-state index contributed by atoms with van der Waals surface area (Å²) in [5.74, 6) is 2.57. The molecule has 0 atom stereocenters. The Kier molecular flexibility index (Phi) is 6.76. The van der Waals surface area contributed by atoms with Gasteiger partial charge < -0.3 is 0 Å². The summed E-state index contributed by atoms with van der Waals surface area (Å²) in [6.45, 7) is 5.05. The zero-order valence-electron chi connectivity index (χ0n) is 18.1. The standard InChI is InChI=1S/C23H28N8/c1-3-5-11-21-25-22(12-6-4-2)31(28-21)16-17-13-18(15-24-14-17)19-9-7-8-10-20(19)23-26-29-30-27-23/h7-10,13-15H,3-6,11-12,16H2,1-2H3,(H,26,27,29,30). The highest BCUT2D eigenvalue weighted by molar-refractivity contribution is 5.80. The van der Waals surface area contributed by atoms with E-state index >= 15 is 0 Å². The topological polar surface area (TPSA) is 98.1 Å². The Morgan fingerprint density at radius 3 is 2.55 bits per heavy atom. The summed E-state index contributed by atoms with van der Waals surface area (Å²) >= 11 is 0. The fraction of sp³-hybridized carbons (Fsp3) is 0.391. The van der Waals surface area contributed by atoms with Crippen LogP contribution in [0.15, 0.2) is 42.7 Å². The van der Waals surface area contributed by atoms with Crippen LogP contribution < -0.4 is 0 Å². The van der Waals surface area contributed by atoms with Crippen molar-refractivity contribution in [2.45, 2.75) is 58.9 Å². The zero-order valence-corrected chi connectivity index (χ0v) is 18.1. The minimum Gasteiger partial charge on any atom is -0.264 e. The van der Waals surface area contributed by atoms with Gasteiger partial charge in [0.15, 0.2) is 5.82 Å². The molecule has 0 spiro atoms. The van der Waals surface area contributed by atoms with Crippen molar-refractivity contribution in [3.05, 3.63) is 59.9 Å². The molecule has 0 aliphatic heterocycles. The number of benzene rings is 1. The molecule has 1 N–H and O–H groups in total. The summed E-state index contributed by atoms with van der Waals surface area (Å²) in [4.78, 5) is 9.32. The highest BCUT2D eigenvalue weighted by atomic mass is 15.5. The van der Waals surface area contributed by atoms with Gasteiger partial charge in [0.05, 0.1) is 6.54 Å². The second kappa shape index (κ2) is 10.1. The van der Waals surface area contributed by atoms with Gasteiger partial charge in [0.25, 0.3) is 0 Å². The van der Waals surface area contributed by atoms with Crippen LogP contribution in [0.3, 0.4) is 0 Å². The lowest BCUT2D eigenvalue weighted by Crippen LogP contribution is -2.08. The molecule has 0 saturated heterocycles. The molecular weight excluding hydrogens is 388 g/mol. The second-order valence-corrected chi connectivity index (χ2v) is 7.67. The van der Waals surface area contributed by atoms with E-state index in [1.54, 1.807) is 0 Å². The summed E-state index contributed by atoms with van der Waals surface area (Å²) < 4.78 is 2.05. The molecule has 3 aromatic heterocycles.